The number of benzene rings is 1. The van der Waals surface area contributed by atoms with Crippen LogP contribution in [0.15, 0.2) is 30.3 Å². The van der Waals surface area contributed by atoms with Crippen LogP contribution in [0.1, 0.15) is 12.5 Å². The molecule has 7 nitrogen and oxygen atoms in total. The Morgan fingerprint density at radius 3 is 2.43 bits per heavy atom. The van der Waals surface area contributed by atoms with Crippen LogP contribution in [-0.2, 0) is 30.8 Å². The summed E-state index contributed by atoms with van der Waals surface area (Å²) < 4.78 is 28.6. The molecule has 0 aliphatic carbocycles. The Kier molecular flexibility index (Phi) is 6.32. The molecular weight excluding hydrogens is 298 g/mol. The standard InChI is InChI=1S/C13H17NO6S/c1-10(15)14-12(13(16)17)8-21(18,19)9-20-7-11-5-3-2-4-6-11/h2-6,12H,7-9H2,1H3,(H,14,15)(H,16,17). The van der Waals surface area contributed by atoms with E-state index in [1.165, 1.54) is 0 Å². The van der Waals surface area contributed by atoms with E-state index in [2.05, 4.69) is 5.32 Å². The van der Waals surface area contributed by atoms with E-state index in [1.807, 2.05) is 6.07 Å². The molecule has 1 rings (SSSR count). The van der Waals surface area contributed by atoms with Crippen LogP contribution in [0.2, 0.25) is 0 Å². The number of hydrogen-bond acceptors (Lipinski definition) is 5. The summed E-state index contributed by atoms with van der Waals surface area (Å²) in [5.41, 5.74) is 0.810. The Morgan fingerprint density at radius 1 is 1.29 bits per heavy atom. The van der Waals surface area contributed by atoms with Gasteiger partial charge in [-0.15, -0.1) is 0 Å². The van der Waals surface area contributed by atoms with Gasteiger partial charge in [0.05, 0.1) is 12.4 Å². The van der Waals surface area contributed by atoms with Crippen molar-refractivity contribution in [3.63, 3.8) is 0 Å². The number of sulfone groups is 1. The molecule has 0 saturated carbocycles. The molecule has 1 aromatic carbocycles. The summed E-state index contributed by atoms with van der Waals surface area (Å²) in [5.74, 6) is -3.33. The Labute approximate surface area is 122 Å². The Balaban J connectivity index is 2.52. The van der Waals surface area contributed by atoms with Gasteiger partial charge in [0.25, 0.3) is 0 Å². The van der Waals surface area contributed by atoms with Crippen LogP contribution in [0.4, 0.5) is 0 Å². The molecule has 0 bridgehead atoms. The van der Waals surface area contributed by atoms with Gasteiger partial charge < -0.3 is 15.2 Å². The summed E-state index contributed by atoms with van der Waals surface area (Å²) in [6, 6.07) is 7.50. The van der Waals surface area contributed by atoms with E-state index < -0.39 is 39.4 Å². The molecule has 21 heavy (non-hydrogen) atoms. The highest BCUT2D eigenvalue weighted by molar-refractivity contribution is 7.91. The van der Waals surface area contributed by atoms with Gasteiger partial charge in [-0.05, 0) is 5.56 Å². The molecule has 8 heteroatoms. The first-order valence-corrected chi connectivity index (χ1v) is 7.94. The molecule has 0 saturated heterocycles. The van der Waals surface area contributed by atoms with Crippen LogP contribution in [0.25, 0.3) is 0 Å². The Morgan fingerprint density at radius 2 is 1.90 bits per heavy atom. The molecule has 1 atom stereocenters. The van der Waals surface area contributed by atoms with E-state index in [9.17, 15) is 18.0 Å². The number of carboxylic acid groups (broad SMARTS) is 1. The number of aliphatic carboxylic acids is 1. The van der Waals surface area contributed by atoms with Gasteiger partial charge in [0.2, 0.25) is 5.91 Å². The van der Waals surface area contributed by atoms with Crippen molar-refractivity contribution in [3.05, 3.63) is 35.9 Å². The van der Waals surface area contributed by atoms with Gasteiger partial charge in [0.1, 0.15) is 12.0 Å². The van der Waals surface area contributed by atoms with Crippen molar-refractivity contribution in [2.24, 2.45) is 0 Å². The van der Waals surface area contributed by atoms with Gasteiger partial charge in [0.15, 0.2) is 9.84 Å². The lowest BCUT2D eigenvalue weighted by atomic mass is 10.2. The van der Waals surface area contributed by atoms with Crippen LogP contribution in [0.3, 0.4) is 0 Å². The Bertz CT molecular complexity index is 584. The molecule has 0 spiro atoms. The summed E-state index contributed by atoms with van der Waals surface area (Å²) in [6.07, 6.45) is 0. The molecule has 0 fully saturated rings. The summed E-state index contributed by atoms with van der Waals surface area (Å²) in [7, 11) is -3.76. The highest BCUT2D eigenvalue weighted by Gasteiger charge is 2.26. The minimum atomic E-state index is -3.76. The van der Waals surface area contributed by atoms with E-state index >= 15 is 0 Å². The second-order valence-electron chi connectivity index (χ2n) is 4.45. The second kappa shape index (κ2) is 7.75. The summed E-state index contributed by atoms with van der Waals surface area (Å²) in [4.78, 5) is 21.7. The molecule has 1 amide bonds. The largest absolute Gasteiger partial charge is 0.480 e. The van der Waals surface area contributed by atoms with Gasteiger partial charge in [-0.25, -0.2) is 13.2 Å². The molecule has 0 radical (unpaired) electrons. The van der Waals surface area contributed by atoms with Crippen LogP contribution in [0, 0.1) is 0 Å². The van der Waals surface area contributed by atoms with Gasteiger partial charge in [-0.3, -0.25) is 4.79 Å². The van der Waals surface area contributed by atoms with E-state index in [4.69, 9.17) is 9.84 Å². The number of carbonyl (C=O) groups excluding carboxylic acids is 1. The number of nitrogens with one attached hydrogen (secondary N) is 1. The normalized spacial score (nSPS) is 12.6. The number of carboxylic acids is 1. The molecule has 0 heterocycles. The van der Waals surface area contributed by atoms with Crippen molar-refractivity contribution in [1.29, 1.82) is 0 Å². The van der Waals surface area contributed by atoms with Gasteiger partial charge in [0, 0.05) is 6.92 Å². The fourth-order valence-corrected chi connectivity index (χ4v) is 2.75. The molecule has 116 valence electrons. The zero-order valence-corrected chi connectivity index (χ0v) is 12.3. The molecule has 0 aliphatic rings. The quantitative estimate of drug-likeness (QED) is 0.707. The highest BCUT2D eigenvalue weighted by atomic mass is 32.2. The second-order valence-corrected chi connectivity index (χ2v) is 6.51. The van der Waals surface area contributed by atoms with Crippen molar-refractivity contribution >= 4 is 21.7 Å². The molecule has 0 aliphatic heterocycles. The van der Waals surface area contributed by atoms with Crippen LogP contribution in [0.5, 0.6) is 0 Å². The van der Waals surface area contributed by atoms with Crippen LogP contribution in [-0.4, -0.2) is 43.1 Å². The third kappa shape index (κ3) is 6.87. The third-order valence-electron chi connectivity index (χ3n) is 2.47. The monoisotopic (exact) mass is 315 g/mol. The van der Waals surface area contributed by atoms with Crippen molar-refractivity contribution in [2.75, 3.05) is 11.7 Å². The van der Waals surface area contributed by atoms with E-state index in [0.29, 0.717) is 0 Å². The first kappa shape index (κ1) is 17.1. The van der Waals surface area contributed by atoms with Crippen LogP contribution < -0.4 is 5.32 Å². The summed E-state index contributed by atoms with van der Waals surface area (Å²) in [6.45, 7) is 1.23. The number of rotatable bonds is 8. The maximum atomic E-state index is 11.8. The van der Waals surface area contributed by atoms with Crippen molar-refractivity contribution in [2.45, 2.75) is 19.6 Å². The Hall–Kier alpha value is -1.93. The molecule has 1 unspecified atom stereocenters. The summed E-state index contributed by atoms with van der Waals surface area (Å²) >= 11 is 0. The number of ether oxygens (including phenoxy) is 1. The van der Waals surface area contributed by atoms with E-state index in [-0.39, 0.29) is 6.61 Å². The third-order valence-corrected chi connectivity index (χ3v) is 3.84. The zero-order chi connectivity index (χ0) is 15.9. The fourth-order valence-electron chi connectivity index (χ4n) is 1.58. The lowest BCUT2D eigenvalue weighted by Gasteiger charge is -2.13. The zero-order valence-electron chi connectivity index (χ0n) is 11.5. The SMILES string of the molecule is CC(=O)NC(CS(=O)(=O)COCc1ccccc1)C(=O)O. The van der Waals surface area contributed by atoms with Gasteiger partial charge >= 0.3 is 5.97 Å². The van der Waals surface area contributed by atoms with Crippen LogP contribution >= 0.6 is 0 Å². The topological polar surface area (TPSA) is 110 Å². The predicted octanol–water partition coefficient (Wildman–Crippen LogP) is 0.165. The minimum Gasteiger partial charge on any atom is -0.480 e. The predicted molar refractivity (Wildman–Crippen MR) is 75.1 cm³/mol. The number of amides is 1. The maximum Gasteiger partial charge on any atom is 0.327 e. The van der Waals surface area contributed by atoms with E-state index in [0.717, 1.165) is 12.5 Å². The van der Waals surface area contributed by atoms with Crippen molar-refractivity contribution in [1.82, 2.24) is 5.32 Å². The highest BCUT2D eigenvalue weighted by Crippen LogP contribution is 2.03. The van der Waals surface area contributed by atoms with Crippen molar-refractivity contribution < 1.29 is 27.9 Å². The van der Waals surface area contributed by atoms with Gasteiger partial charge in [-0.2, -0.15) is 0 Å². The smallest absolute Gasteiger partial charge is 0.327 e. The number of hydrogen-bond donors (Lipinski definition) is 2. The van der Waals surface area contributed by atoms with Gasteiger partial charge in [-0.1, -0.05) is 30.3 Å². The number of carbonyl (C=O) groups is 2. The fraction of sp³-hybridized carbons (Fsp3) is 0.385. The minimum absolute atomic E-state index is 0.109. The lowest BCUT2D eigenvalue weighted by Crippen LogP contribution is -2.45. The maximum absolute atomic E-state index is 11.8. The lowest BCUT2D eigenvalue weighted by molar-refractivity contribution is -0.140. The molecular formula is C13H17NO6S. The van der Waals surface area contributed by atoms with E-state index in [1.54, 1.807) is 24.3 Å². The average Bonchev–Trinajstić information content (AvgIpc) is 2.38. The van der Waals surface area contributed by atoms with Crippen molar-refractivity contribution in [3.8, 4) is 0 Å². The summed E-state index contributed by atoms with van der Waals surface area (Å²) in [5, 5.41) is 10.9. The molecule has 1 aromatic rings. The molecule has 2 N–H and O–H groups in total. The average molecular weight is 315 g/mol. The first-order valence-electron chi connectivity index (χ1n) is 6.12. The first-order chi connectivity index (χ1) is 9.80. The molecule has 0 aromatic heterocycles.